The van der Waals surface area contributed by atoms with E-state index < -0.39 is 0 Å². The second-order valence-electron chi connectivity index (χ2n) is 3.33. The molecule has 13 heavy (non-hydrogen) atoms. The molecule has 2 nitrogen and oxygen atoms in total. The van der Waals surface area contributed by atoms with Gasteiger partial charge in [-0.2, -0.15) is 0 Å². The van der Waals surface area contributed by atoms with Crippen LogP contribution in [0.25, 0.3) is 0 Å². The van der Waals surface area contributed by atoms with Crippen molar-refractivity contribution in [1.29, 1.82) is 0 Å². The lowest BCUT2D eigenvalue weighted by Gasteiger charge is -2.06. The fourth-order valence-electron chi connectivity index (χ4n) is 1.17. The molecule has 0 aliphatic carbocycles. The van der Waals surface area contributed by atoms with E-state index in [4.69, 9.17) is 5.73 Å². The van der Waals surface area contributed by atoms with Crippen LogP contribution in [-0.2, 0) is 11.2 Å². The van der Waals surface area contributed by atoms with Gasteiger partial charge in [0.2, 0.25) is 5.91 Å². The smallest absolute Gasteiger partial charge is 0.220 e. The monoisotopic (exact) mass is 179 g/mol. The first-order chi connectivity index (χ1) is 6.20. The SMILES string of the molecule is C[C@@H](CCc1ccccc1)C(N)=O.[HH]. The van der Waals surface area contributed by atoms with Crippen LogP contribution in [0.3, 0.4) is 0 Å². The molecule has 2 N–H and O–H groups in total. The van der Waals surface area contributed by atoms with Gasteiger partial charge in [0.25, 0.3) is 0 Å². The molecule has 0 aromatic heterocycles. The van der Waals surface area contributed by atoms with Crippen molar-refractivity contribution in [1.82, 2.24) is 0 Å². The number of benzene rings is 1. The topological polar surface area (TPSA) is 43.1 Å². The van der Waals surface area contributed by atoms with Crippen molar-refractivity contribution in [3.05, 3.63) is 35.9 Å². The Hall–Kier alpha value is -1.31. The molecule has 0 fully saturated rings. The number of hydrogen-bond acceptors (Lipinski definition) is 1. The van der Waals surface area contributed by atoms with E-state index in [0.717, 1.165) is 12.8 Å². The summed E-state index contributed by atoms with van der Waals surface area (Å²) in [6.45, 7) is 1.87. The maximum Gasteiger partial charge on any atom is 0.220 e. The maximum absolute atomic E-state index is 10.7. The van der Waals surface area contributed by atoms with Crippen molar-refractivity contribution in [3.63, 3.8) is 0 Å². The molecule has 0 saturated heterocycles. The molecule has 1 amide bonds. The average Bonchev–Trinajstić information content (AvgIpc) is 2.15. The van der Waals surface area contributed by atoms with Gasteiger partial charge in [-0.3, -0.25) is 4.79 Å². The second-order valence-corrected chi connectivity index (χ2v) is 3.33. The lowest BCUT2D eigenvalue weighted by Crippen LogP contribution is -2.20. The van der Waals surface area contributed by atoms with Crippen molar-refractivity contribution in [3.8, 4) is 0 Å². The molecule has 0 aliphatic heterocycles. The van der Waals surface area contributed by atoms with Crippen molar-refractivity contribution in [2.75, 3.05) is 0 Å². The molecule has 1 aromatic rings. The summed E-state index contributed by atoms with van der Waals surface area (Å²) in [6.07, 6.45) is 1.75. The van der Waals surface area contributed by atoms with Gasteiger partial charge in [0.05, 0.1) is 0 Å². The third kappa shape index (κ3) is 3.28. The van der Waals surface area contributed by atoms with E-state index in [1.807, 2.05) is 25.1 Å². The van der Waals surface area contributed by atoms with Gasteiger partial charge >= 0.3 is 0 Å². The molecule has 2 heteroatoms. The number of aryl methyl sites for hydroxylation is 1. The summed E-state index contributed by atoms with van der Waals surface area (Å²) in [5.74, 6) is -0.240. The summed E-state index contributed by atoms with van der Waals surface area (Å²) in [7, 11) is 0. The van der Waals surface area contributed by atoms with Crippen LogP contribution in [0.2, 0.25) is 0 Å². The number of nitrogens with two attached hydrogens (primary N) is 1. The molecule has 0 saturated carbocycles. The summed E-state index contributed by atoms with van der Waals surface area (Å²) in [5.41, 5.74) is 6.42. The molecule has 0 unspecified atom stereocenters. The Labute approximate surface area is 80.2 Å². The zero-order valence-electron chi connectivity index (χ0n) is 7.86. The molecule has 0 radical (unpaired) electrons. The molecule has 0 heterocycles. The van der Waals surface area contributed by atoms with Crippen molar-refractivity contribution in [2.24, 2.45) is 11.7 Å². The van der Waals surface area contributed by atoms with Crippen molar-refractivity contribution < 1.29 is 6.22 Å². The Morgan fingerprint density at radius 3 is 2.62 bits per heavy atom. The summed E-state index contributed by atoms with van der Waals surface area (Å²) >= 11 is 0. The summed E-state index contributed by atoms with van der Waals surface area (Å²) in [6, 6.07) is 10.1. The van der Waals surface area contributed by atoms with E-state index in [2.05, 4.69) is 12.1 Å². The minimum Gasteiger partial charge on any atom is -0.369 e. The van der Waals surface area contributed by atoms with Gasteiger partial charge in [-0.1, -0.05) is 37.3 Å². The van der Waals surface area contributed by atoms with Crippen molar-refractivity contribution in [2.45, 2.75) is 19.8 Å². The van der Waals surface area contributed by atoms with E-state index in [-0.39, 0.29) is 13.3 Å². The van der Waals surface area contributed by atoms with Crippen LogP contribution in [0.5, 0.6) is 0 Å². The first kappa shape index (κ1) is 9.78. The summed E-state index contributed by atoms with van der Waals surface area (Å²) in [5, 5.41) is 0. The number of carbonyl (C=O) groups excluding carboxylic acids is 1. The number of primary amides is 1. The highest BCUT2D eigenvalue weighted by molar-refractivity contribution is 5.76. The highest BCUT2D eigenvalue weighted by atomic mass is 16.1. The highest BCUT2D eigenvalue weighted by Crippen LogP contribution is 2.08. The van der Waals surface area contributed by atoms with E-state index in [1.165, 1.54) is 5.56 Å². The zero-order valence-corrected chi connectivity index (χ0v) is 7.86. The van der Waals surface area contributed by atoms with Gasteiger partial charge in [0, 0.05) is 7.34 Å². The predicted molar refractivity (Wildman–Crippen MR) is 55.2 cm³/mol. The standard InChI is InChI=1S/C11H15NO.H2/c1-9(11(12)13)7-8-10-5-3-2-4-6-10;/h2-6,9H,7-8H2,1H3,(H2,12,13);1H/t9-;/m0./s1. The molecule has 0 spiro atoms. The third-order valence-corrected chi connectivity index (χ3v) is 2.19. The lowest BCUT2D eigenvalue weighted by molar-refractivity contribution is -0.121. The molecule has 1 atom stereocenters. The Morgan fingerprint density at radius 1 is 1.46 bits per heavy atom. The second kappa shape index (κ2) is 4.65. The largest absolute Gasteiger partial charge is 0.369 e. The van der Waals surface area contributed by atoms with E-state index in [1.54, 1.807) is 0 Å². The lowest BCUT2D eigenvalue weighted by atomic mass is 10.0. The minimum absolute atomic E-state index is 0. The quantitative estimate of drug-likeness (QED) is 0.754. The van der Waals surface area contributed by atoms with Gasteiger partial charge in [0.15, 0.2) is 0 Å². The molecule has 1 aromatic carbocycles. The summed E-state index contributed by atoms with van der Waals surface area (Å²) < 4.78 is 0. The zero-order chi connectivity index (χ0) is 9.68. The first-order valence-electron chi connectivity index (χ1n) is 4.53. The van der Waals surface area contributed by atoms with Crippen LogP contribution >= 0.6 is 0 Å². The fraction of sp³-hybridized carbons (Fsp3) is 0.364. The first-order valence-corrected chi connectivity index (χ1v) is 4.53. The maximum atomic E-state index is 10.7. The molecule has 1 rings (SSSR count). The van der Waals surface area contributed by atoms with Gasteiger partial charge in [-0.05, 0) is 18.4 Å². The molecule has 0 aliphatic rings. The number of carbonyl (C=O) groups is 1. The van der Waals surface area contributed by atoms with Gasteiger partial charge < -0.3 is 5.73 Å². The predicted octanol–water partition coefficient (Wildman–Crippen LogP) is 1.99. The van der Waals surface area contributed by atoms with E-state index >= 15 is 0 Å². The van der Waals surface area contributed by atoms with E-state index in [9.17, 15) is 4.79 Å². The Kier molecular flexibility index (Phi) is 3.50. The Balaban J connectivity index is 0.00000169. The van der Waals surface area contributed by atoms with Gasteiger partial charge in [0.1, 0.15) is 0 Å². The average molecular weight is 179 g/mol. The molecular formula is C11H17NO. The summed E-state index contributed by atoms with van der Waals surface area (Å²) in [4.78, 5) is 10.7. The Bertz CT molecular complexity index is 274. The molecular weight excluding hydrogens is 162 g/mol. The highest BCUT2D eigenvalue weighted by Gasteiger charge is 2.07. The number of rotatable bonds is 4. The van der Waals surface area contributed by atoms with Gasteiger partial charge in [-0.25, -0.2) is 0 Å². The molecule has 0 bridgehead atoms. The normalized spacial score (nSPS) is 12.4. The van der Waals surface area contributed by atoms with Crippen LogP contribution < -0.4 is 5.73 Å². The number of hydrogen-bond donors (Lipinski definition) is 1. The number of amides is 1. The van der Waals surface area contributed by atoms with Crippen LogP contribution in [0.1, 0.15) is 20.3 Å². The van der Waals surface area contributed by atoms with Crippen LogP contribution in [0, 0.1) is 5.92 Å². The fourth-order valence-corrected chi connectivity index (χ4v) is 1.17. The van der Waals surface area contributed by atoms with Crippen LogP contribution in [-0.4, -0.2) is 5.91 Å². The van der Waals surface area contributed by atoms with E-state index in [0.29, 0.717) is 0 Å². The minimum atomic E-state index is -0.212. The van der Waals surface area contributed by atoms with Crippen LogP contribution in [0.15, 0.2) is 30.3 Å². The van der Waals surface area contributed by atoms with Crippen LogP contribution in [0.4, 0.5) is 0 Å². The Morgan fingerprint density at radius 2 is 2.08 bits per heavy atom. The molecule has 72 valence electrons. The van der Waals surface area contributed by atoms with Crippen molar-refractivity contribution >= 4 is 5.91 Å². The van der Waals surface area contributed by atoms with Gasteiger partial charge in [-0.15, -0.1) is 0 Å². The third-order valence-electron chi connectivity index (χ3n) is 2.19.